The molecule has 1 aliphatic rings. The van der Waals surface area contributed by atoms with Gasteiger partial charge in [-0.15, -0.1) is 0 Å². The number of benzene rings is 1. The van der Waals surface area contributed by atoms with Gasteiger partial charge in [-0.25, -0.2) is 0 Å². The second kappa shape index (κ2) is 11.5. The van der Waals surface area contributed by atoms with E-state index in [1.165, 1.54) is 0 Å². The van der Waals surface area contributed by atoms with E-state index in [2.05, 4.69) is 10.6 Å². The van der Waals surface area contributed by atoms with Crippen LogP contribution >= 0.6 is 12.2 Å². The summed E-state index contributed by atoms with van der Waals surface area (Å²) in [5.41, 5.74) is 0.729. The smallest absolute Gasteiger partial charge is 0.306 e. The maximum Gasteiger partial charge on any atom is 0.306 e. The van der Waals surface area contributed by atoms with Crippen LogP contribution in [0.25, 0.3) is 0 Å². The summed E-state index contributed by atoms with van der Waals surface area (Å²) >= 11 is 5.11. The van der Waals surface area contributed by atoms with Gasteiger partial charge in [-0.1, -0.05) is 6.92 Å². The molecule has 1 aromatic rings. The number of anilines is 1. The normalized spacial score (nSPS) is 15.8. The first-order chi connectivity index (χ1) is 13.1. The molecule has 0 spiro atoms. The number of nitrogens with one attached hydrogen (secondary N) is 2. The van der Waals surface area contributed by atoms with E-state index in [9.17, 15) is 9.59 Å². The van der Waals surface area contributed by atoms with E-state index in [-0.39, 0.29) is 35.9 Å². The Balaban J connectivity index is 1.67. The van der Waals surface area contributed by atoms with E-state index in [0.717, 1.165) is 37.3 Å². The third-order valence-corrected chi connectivity index (χ3v) is 4.05. The van der Waals surface area contributed by atoms with Crippen molar-refractivity contribution in [2.45, 2.75) is 45.1 Å². The molecule has 2 N–H and O–H groups in total. The molecule has 2 rings (SSSR count). The van der Waals surface area contributed by atoms with E-state index in [4.69, 9.17) is 26.4 Å². The van der Waals surface area contributed by atoms with Crippen molar-refractivity contribution in [3.8, 4) is 5.75 Å². The molecule has 1 atom stereocenters. The van der Waals surface area contributed by atoms with Gasteiger partial charge in [0.15, 0.2) is 5.11 Å². The van der Waals surface area contributed by atoms with Crippen LogP contribution in [0.3, 0.4) is 0 Å². The molecule has 1 amide bonds. The van der Waals surface area contributed by atoms with Crippen LogP contribution in [0.1, 0.15) is 39.0 Å². The maximum absolute atomic E-state index is 11.8. The number of thiocarbonyl (C=S) groups is 1. The monoisotopic (exact) mass is 394 g/mol. The van der Waals surface area contributed by atoms with Crippen molar-refractivity contribution in [2.24, 2.45) is 0 Å². The van der Waals surface area contributed by atoms with E-state index in [1.807, 2.05) is 31.2 Å². The first kappa shape index (κ1) is 21.1. The van der Waals surface area contributed by atoms with Crippen molar-refractivity contribution in [1.82, 2.24) is 5.32 Å². The molecule has 0 unspecified atom stereocenters. The topological polar surface area (TPSA) is 85.9 Å². The van der Waals surface area contributed by atoms with Crippen molar-refractivity contribution in [3.63, 3.8) is 0 Å². The van der Waals surface area contributed by atoms with Gasteiger partial charge in [0.1, 0.15) is 12.4 Å². The highest BCUT2D eigenvalue weighted by Crippen LogP contribution is 2.18. The first-order valence-electron chi connectivity index (χ1n) is 9.17. The van der Waals surface area contributed by atoms with Gasteiger partial charge in [0.2, 0.25) is 5.91 Å². The molecule has 1 aromatic carbocycles. The highest BCUT2D eigenvalue weighted by atomic mass is 32.1. The average molecular weight is 394 g/mol. The standard InChI is InChI=1S/C19H26N2O5S/c1-2-11-25-18(23)10-9-17(22)21-19(27)20-14-5-7-15(8-6-14)26-13-16-4-3-12-24-16/h5-8,16H,2-4,9-13H2,1H3,(H2,20,21,22,27)/t16-/m0/s1. The van der Waals surface area contributed by atoms with Crippen LogP contribution in [-0.4, -0.2) is 42.9 Å². The number of carbonyl (C=O) groups is 2. The average Bonchev–Trinajstić information content (AvgIpc) is 3.17. The summed E-state index contributed by atoms with van der Waals surface area (Å²) in [5.74, 6) is 0.0264. The Morgan fingerprint density at radius 3 is 2.70 bits per heavy atom. The third kappa shape index (κ3) is 8.36. The minimum Gasteiger partial charge on any atom is -0.491 e. The fourth-order valence-electron chi connectivity index (χ4n) is 2.45. The van der Waals surface area contributed by atoms with Crippen LogP contribution in [0.4, 0.5) is 5.69 Å². The molecular weight excluding hydrogens is 368 g/mol. The zero-order valence-corrected chi connectivity index (χ0v) is 16.3. The van der Waals surface area contributed by atoms with Crippen molar-refractivity contribution in [1.29, 1.82) is 0 Å². The fraction of sp³-hybridized carbons (Fsp3) is 0.526. The van der Waals surface area contributed by atoms with E-state index >= 15 is 0 Å². The Morgan fingerprint density at radius 1 is 1.26 bits per heavy atom. The van der Waals surface area contributed by atoms with Crippen LogP contribution in [0.5, 0.6) is 5.75 Å². The highest BCUT2D eigenvalue weighted by Gasteiger charge is 2.16. The number of hydrogen-bond donors (Lipinski definition) is 2. The van der Waals surface area contributed by atoms with Gasteiger partial charge in [-0.3, -0.25) is 9.59 Å². The van der Waals surface area contributed by atoms with Gasteiger partial charge in [-0.2, -0.15) is 0 Å². The Labute approximate surface area is 164 Å². The summed E-state index contributed by atoms with van der Waals surface area (Å²) in [6, 6.07) is 7.27. The molecule has 0 saturated carbocycles. The summed E-state index contributed by atoms with van der Waals surface area (Å²) in [5, 5.41) is 5.64. The lowest BCUT2D eigenvalue weighted by Crippen LogP contribution is -2.34. The van der Waals surface area contributed by atoms with Gasteiger partial charge in [0.05, 0.1) is 19.1 Å². The summed E-state index contributed by atoms with van der Waals surface area (Å²) < 4.78 is 16.1. The van der Waals surface area contributed by atoms with Crippen molar-refractivity contribution in [2.75, 3.05) is 25.1 Å². The summed E-state index contributed by atoms with van der Waals surface area (Å²) in [6.07, 6.45) is 3.10. The van der Waals surface area contributed by atoms with Crippen molar-refractivity contribution >= 4 is 34.9 Å². The molecule has 148 valence electrons. The molecule has 1 heterocycles. The molecule has 0 bridgehead atoms. The summed E-state index contributed by atoms with van der Waals surface area (Å²) in [6.45, 7) is 3.63. The number of ether oxygens (including phenoxy) is 3. The Hall–Kier alpha value is -2.19. The van der Waals surface area contributed by atoms with Gasteiger partial charge in [-0.05, 0) is 55.7 Å². The van der Waals surface area contributed by atoms with Crippen LogP contribution in [-0.2, 0) is 19.1 Å². The SMILES string of the molecule is CCCOC(=O)CCC(=O)NC(=S)Nc1ccc(OC[C@@H]2CCCO2)cc1. The predicted octanol–water partition coefficient (Wildman–Crippen LogP) is 2.79. The van der Waals surface area contributed by atoms with Crippen LogP contribution < -0.4 is 15.4 Å². The molecule has 27 heavy (non-hydrogen) atoms. The Bertz CT molecular complexity index is 629. The molecule has 0 radical (unpaired) electrons. The number of rotatable bonds is 9. The highest BCUT2D eigenvalue weighted by molar-refractivity contribution is 7.80. The lowest BCUT2D eigenvalue weighted by Gasteiger charge is -2.13. The molecule has 7 nitrogen and oxygen atoms in total. The zero-order valence-electron chi connectivity index (χ0n) is 15.5. The summed E-state index contributed by atoms with van der Waals surface area (Å²) in [4.78, 5) is 23.2. The summed E-state index contributed by atoms with van der Waals surface area (Å²) in [7, 11) is 0. The number of amides is 1. The lowest BCUT2D eigenvalue weighted by atomic mass is 10.2. The number of esters is 1. The van der Waals surface area contributed by atoms with Gasteiger partial charge in [0.25, 0.3) is 0 Å². The third-order valence-electron chi connectivity index (χ3n) is 3.85. The van der Waals surface area contributed by atoms with Gasteiger partial charge in [0, 0.05) is 18.7 Å². The molecule has 1 aliphatic heterocycles. The van der Waals surface area contributed by atoms with E-state index in [1.54, 1.807) is 0 Å². The molecule has 8 heteroatoms. The Morgan fingerprint density at radius 2 is 2.04 bits per heavy atom. The number of hydrogen-bond acceptors (Lipinski definition) is 6. The predicted molar refractivity (Wildman–Crippen MR) is 106 cm³/mol. The van der Waals surface area contributed by atoms with Crippen LogP contribution in [0, 0.1) is 0 Å². The molecule has 1 saturated heterocycles. The fourth-order valence-corrected chi connectivity index (χ4v) is 2.69. The zero-order chi connectivity index (χ0) is 19.5. The van der Waals surface area contributed by atoms with Crippen LogP contribution in [0.15, 0.2) is 24.3 Å². The van der Waals surface area contributed by atoms with E-state index in [0.29, 0.717) is 13.2 Å². The Kier molecular flexibility index (Phi) is 9.00. The lowest BCUT2D eigenvalue weighted by molar-refractivity contribution is -0.144. The van der Waals surface area contributed by atoms with Crippen LogP contribution in [0.2, 0.25) is 0 Å². The largest absolute Gasteiger partial charge is 0.491 e. The molecule has 1 fully saturated rings. The molecular formula is C19H26N2O5S. The minimum absolute atomic E-state index is 0.0282. The molecule has 0 aromatic heterocycles. The minimum atomic E-state index is -0.385. The van der Waals surface area contributed by atoms with Crippen molar-refractivity contribution < 1.29 is 23.8 Å². The molecule has 0 aliphatic carbocycles. The van der Waals surface area contributed by atoms with Gasteiger partial charge >= 0.3 is 5.97 Å². The van der Waals surface area contributed by atoms with E-state index < -0.39 is 0 Å². The van der Waals surface area contributed by atoms with Gasteiger partial charge < -0.3 is 24.8 Å². The first-order valence-corrected chi connectivity index (χ1v) is 9.58. The van der Waals surface area contributed by atoms with Crippen molar-refractivity contribution in [3.05, 3.63) is 24.3 Å². The second-order valence-electron chi connectivity index (χ2n) is 6.19. The maximum atomic E-state index is 11.8. The number of carbonyl (C=O) groups excluding carboxylic acids is 2. The second-order valence-corrected chi connectivity index (χ2v) is 6.60. The quantitative estimate of drug-likeness (QED) is 0.492.